The van der Waals surface area contributed by atoms with E-state index in [0.29, 0.717) is 16.1 Å². The van der Waals surface area contributed by atoms with Crippen LogP contribution in [0.3, 0.4) is 0 Å². The molecule has 34 heavy (non-hydrogen) atoms. The van der Waals surface area contributed by atoms with E-state index in [-0.39, 0.29) is 30.3 Å². The summed E-state index contributed by atoms with van der Waals surface area (Å²) in [5, 5.41) is 7.65. The predicted octanol–water partition coefficient (Wildman–Crippen LogP) is 4.01. The normalized spacial score (nSPS) is 14.4. The second-order valence-corrected chi connectivity index (χ2v) is 9.38. The maximum Gasteiger partial charge on any atom is 0.261 e. The van der Waals surface area contributed by atoms with Gasteiger partial charge in [-0.15, -0.1) is 11.3 Å². The first kappa shape index (κ1) is 23.6. The Kier molecular flexibility index (Phi) is 7.69. The van der Waals surface area contributed by atoms with Gasteiger partial charge in [-0.05, 0) is 61.0 Å². The molecule has 2 N–H and O–H groups in total. The molecule has 7 nitrogen and oxygen atoms in total. The van der Waals surface area contributed by atoms with E-state index in [1.54, 1.807) is 36.7 Å². The van der Waals surface area contributed by atoms with Crippen molar-refractivity contribution in [3.63, 3.8) is 0 Å². The Labute approximate surface area is 203 Å². The number of hydrogen-bond acceptors (Lipinski definition) is 5. The van der Waals surface area contributed by atoms with Crippen LogP contribution in [0.4, 0.5) is 5.69 Å². The summed E-state index contributed by atoms with van der Waals surface area (Å²) in [7, 11) is 0. The molecular weight excluding hydrogens is 448 g/mol. The molecule has 1 atom stereocenters. The molecule has 1 saturated carbocycles. The Hall–Kier alpha value is -3.52. The number of rotatable bonds is 8. The molecule has 2 aromatic heterocycles. The van der Waals surface area contributed by atoms with Gasteiger partial charge in [-0.2, -0.15) is 0 Å². The van der Waals surface area contributed by atoms with Gasteiger partial charge in [0.2, 0.25) is 11.8 Å². The van der Waals surface area contributed by atoms with Crippen LogP contribution in [0, 0.1) is 6.92 Å². The molecule has 1 aliphatic carbocycles. The van der Waals surface area contributed by atoms with Crippen LogP contribution in [0.2, 0.25) is 0 Å². The van der Waals surface area contributed by atoms with Gasteiger partial charge in [-0.3, -0.25) is 24.3 Å². The van der Waals surface area contributed by atoms with Gasteiger partial charge in [0.05, 0.1) is 11.4 Å². The van der Waals surface area contributed by atoms with Crippen LogP contribution in [0.1, 0.15) is 52.5 Å². The Morgan fingerprint density at radius 3 is 2.41 bits per heavy atom. The lowest BCUT2D eigenvalue weighted by Crippen LogP contribution is -2.49. The lowest BCUT2D eigenvalue weighted by molar-refractivity contribution is -0.126. The summed E-state index contributed by atoms with van der Waals surface area (Å²) in [5.41, 5.74) is 2.28. The maximum absolute atomic E-state index is 13.6. The fourth-order valence-corrected chi connectivity index (χ4v) is 4.83. The van der Waals surface area contributed by atoms with Gasteiger partial charge >= 0.3 is 0 Å². The van der Waals surface area contributed by atoms with Gasteiger partial charge in [0, 0.05) is 24.1 Å². The number of thiophene rings is 1. The molecule has 1 aliphatic rings. The van der Waals surface area contributed by atoms with Crippen molar-refractivity contribution in [1.29, 1.82) is 0 Å². The highest BCUT2D eigenvalue weighted by Crippen LogP contribution is 2.29. The van der Waals surface area contributed by atoms with Crippen molar-refractivity contribution in [2.45, 2.75) is 44.7 Å². The molecule has 3 aromatic rings. The largest absolute Gasteiger partial charge is 0.351 e. The fourth-order valence-electron chi connectivity index (χ4n) is 4.19. The minimum absolute atomic E-state index is 0.102. The number of aromatic nitrogens is 1. The fraction of sp³-hybridized carbons (Fsp3) is 0.308. The van der Waals surface area contributed by atoms with Crippen molar-refractivity contribution in [3.8, 4) is 0 Å². The zero-order chi connectivity index (χ0) is 23.9. The van der Waals surface area contributed by atoms with Crippen LogP contribution in [0.5, 0.6) is 0 Å². The molecule has 8 heteroatoms. The predicted molar refractivity (Wildman–Crippen MR) is 133 cm³/mol. The summed E-state index contributed by atoms with van der Waals surface area (Å²) in [4.78, 5) is 45.7. The number of aryl methyl sites for hydroxylation is 1. The van der Waals surface area contributed by atoms with Gasteiger partial charge in [0.25, 0.3) is 5.91 Å². The monoisotopic (exact) mass is 476 g/mol. The molecule has 0 saturated heterocycles. The number of nitrogens with one attached hydrogen (secondary N) is 2. The summed E-state index contributed by atoms with van der Waals surface area (Å²) in [6.07, 6.45) is 7.26. The quantitative estimate of drug-likeness (QED) is 0.514. The molecule has 0 aliphatic heterocycles. The minimum atomic E-state index is -0.891. The van der Waals surface area contributed by atoms with E-state index in [4.69, 9.17) is 0 Å². The van der Waals surface area contributed by atoms with Crippen molar-refractivity contribution in [2.75, 3.05) is 11.4 Å². The molecule has 1 aromatic carbocycles. The second-order valence-electron chi connectivity index (χ2n) is 8.43. The summed E-state index contributed by atoms with van der Waals surface area (Å²) in [6, 6.07) is 13.6. The lowest BCUT2D eigenvalue weighted by Gasteiger charge is -2.32. The Bertz CT molecular complexity index is 1110. The van der Waals surface area contributed by atoms with Crippen molar-refractivity contribution >= 4 is 34.7 Å². The molecule has 0 spiro atoms. The minimum Gasteiger partial charge on any atom is -0.351 e. The molecule has 176 valence electrons. The first-order chi connectivity index (χ1) is 16.5. The summed E-state index contributed by atoms with van der Waals surface area (Å²) >= 11 is 1.31. The molecule has 2 heterocycles. The second kappa shape index (κ2) is 11.1. The van der Waals surface area contributed by atoms with Gasteiger partial charge in [-0.1, -0.05) is 36.6 Å². The zero-order valence-electron chi connectivity index (χ0n) is 19.1. The van der Waals surface area contributed by atoms with Crippen LogP contribution >= 0.6 is 11.3 Å². The third kappa shape index (κ3) is 5.69. The number of nitrogens with zero attached hydrogens (tertiary/aromatic N) is 2. The van der Waals surface area contributed by atoms with Crippen LogP contribution in [0.25, 0.3) is 0 Å². The SMILES string of the molecule is Cc1ccc(N(C(=O)CNC(=O)c2cccs2)[C@H](C(=O)NC2CCCC2)c2ccncc2)cc1. The van der Waals surface area contributed by atoms with Gasteiger partial charge in [0.1, 0.15) is 6.04 Å². The molecule has 1 fully saturated rings. The number of carbonyl (C=O) groups excluding carboxylic acids is 3. The van der Waals surface area contributed by atoms with Crippen molar-refractivity contribution in [1.82, 2.24) is 15.6 Å². The number of carbonyl (C=O) groups is 3. The van der Waals surface area contributed by atoms with Crippen LogP contribution in [-0.4, -0.2) is 35.3 Å². The highest BCUT2D eigenvalue weighted by Gasteiger charge is 2.34. The summed E-state index contributed by atoms with van der Waals surface area (Å²) in [5.74, 6) is -0.933. The van der Waals surface area contributed by atoms with Gasteiger partial charge < -0.3 is 10.6 Å². The van der Waals surface area contributed by atoms with Crippen molar-refractivity contribution in [3.05, 3.63) is 82.3 Å². The van der Waals surface area contributed by atoms with Crippen LogP contribution in [0.15, 0.2) is 66.3 Å². The smallest absolute Gasteiger partial charge is 0.261 e. The van der Waals surface area contributed by atoms with E-state index in [9.17, 15) is 14.4 Å². The van der Waals surface area contributed by atoms with Crippen LogP contribution in [-0.2, 0) is 9.59 Å². The number of anilines is 1. The van der Waals surface area contributed by atoms with Crippen molar-refractivity contribution in [2.24, 2.45) is 0 Å². The lowest BCUT2D eigenvalue weighted by atomic mass is 10.0. The number of hydrogen-bond donors (Lipinski definition) is 2. The van der Waals surface area contributed by atoms with E-state index < -0.39 is 6.04 Å². The Morgan fingerprint density at radius 2 is 1.76 bits per heavy atom. The first-order valence-corrected chi connectivity index (χ1v) is 12.3. The van der Waals surface area contributed by atoms with Crippen molar-refractivity contribution < 1.29 is 14.4 Å². The molecule has 0 radical (unpaired) electrons. The zero-order valence-corrected chi connectivity index (χ0v) is 19.9. The summed E-state index contributed by atoms with van der Waals surface area (Å²) in [6.45, 7) is 1.73. The average Bonchev–Trinajstić information content (AvgIpc) is 3.57. The Morgan fingerprint density at radius 1 is 1.06 bits per heavy atom. The maximum atomic E-state index is 13.6. The highest BCUT2D eigenvalue weighted by molar-refractivity contribution is 7.12. The molecule has 0 bridgehead atoms. The first-order valence-electron chi connectivity index (χ1n) is 11.4. The van der Waals surface area contributed by atoms with Gasteiger partial charge in [-0.25, -0.2) is 0 Å². The van der Waals surface area contributed by atoms with E-state index in [1.165, 1.54) is 16.2 Å². The molecular formula is C26H28N4O3S. The number of pyridine rings is 1. The number of amides is 3. The molecule has 3 amide bonds. The topological polar surface area (TPSA) is 91.4 Å². The average molecular weight is 477 g/mol. The number of benzene rings is 1. The summed E-state index contributed by atoms with van der Waals surface area (Å²) < 4.78 is 0. The third-order valence-corrected chi connectivity index (χ3v) is 6.82. The Balaban J connectivity index is 1.65. The van der Waals surface area contributed by atoms with E-state index in [1.807, 2.05) is 36.6 Å². The van der Waals surface area contributed by atoms with E-state index in [0.717, 1.165) is 31.2 Å². The van der Waals surface area contributed by atoms with E-state index in [2.05, 4.69) is 15.6 Å². The highest BCUT2D eigenvalue weighted by atomic mass is 32.1. The van der Waals surface area contributed by atoms with E-state index >= 15 is 0 Å². The van der Waals surface area contributed by atoms with Gasteiger partial charge in [0.15, 0.2) is 0 Å². The van der Waals surface area contributed by atoms with Crippen LogP contribution < -0.4 is 15.5 Å². The molecule has 0 unspecified atom stereocenters. The molecule has 4 rings (SSSR count). The third-order valence-electron chi connectivity index (χ3n) is 5.96. The standard InChI is InChI=1S/C26H28N4O3S/c1-18-8-10-21(11-9-18)30(23(31)17-28-25(32)22-7-4-16-34-22)24(19-12-14-27-15-13-19)26(33)29-20-5-2-3-6-20/h4,7-16,20,24H,2-3,5-6,17H2,1H3,(H,28,32)(H,29,33)/t24-/m0/s1.